The molecule has 3 aliphatic rings. The average Bonchev–Trinajstić information content (AvgIpc) is 2.99. The van der Waals surface area contributed by atoms with E-state index < -0.39 is 11.9 Å². The molecule has 4 atom stereocenters. The first-order chi connectivity index (χ1) is 8.99. The number of carboxylic acids is 1. The molecule has 0 aromatic rings. The maximum atomic E-state index is 12.4. The summed E-state index contributed by atoms with van der Waals surface area (Å²) < 4.78 is 0. The van der Waals surface area contributed by atoms with Gasteiger partial charge < -0.3 is 5.11 Å². The zero-order valence-corrected chi connectivity index (χ0v) is 11.0. The fraction of sp³-hybridized carbons (Fsp3) is 0.786. The number of rotatable bonds is 2. The molecule has 0 radical (unpaired) electrons. The number of imide groups is 1. The van der Waals surface area contributed by atoms with Crippen LogP contribution in [-0.2, 0) is 14.4 Å². The van der Waals surface area contributed by atoms with Crippen LogP contribution in [0.5, 0.6) is 0 Å². The van der Waals surface area contributed by atoms with Gasteiger partial charge in [-0.25, -0.2) is 0 Å². The molecule has 2 saturated carbocycles. The Balaban J connectivity index is 1.75. The molecule has 104 valence electrons. The Bertz CT molecular complexity index is 423. The van der Waals surface area contributed by atoms with Gasteiger partial charge in [0.05, 0.1) is 17.8 Å². The normalized spacial score (nSPS) is 41.9. The quantitative estimate of drug-likeness (QED) is 0.763. The minimum atomic E-state index is -0.810. The van der Waals surface area contributed by atoms with Gasteiger partial charge in [-0.15, -0.1) is 0 Å². The summed E-state index contributed by atoms with van der Waals surface area (Å²) in [6, 6.07) is -0.179. The van der Waals surface area contributed by atoms with E-state index >= 15 is 0 Å². The summed E-state index contributed by atoms with van der Waals surface area (Å²) in [6.45, 7) is 2.08. The predicted molar refractivity (Wildman–Crippen MR) is 66.0 cm³/mol. The molecule has 19 heavy (non-hydrogen) atoms. The van der Waals surface area contributed by atoms with Crippen molar-refractivity contribution in [1.29, 1.82) is 0 Å². The standard InChI is InChI=1S/C14H19NO4/c1-7-4-10-11(5-7)13(17)15(12(10)16)9-3-2-8(6-9)14(18)19/h7-11H,2-6H2,1H3,(H,18,19). The number of carbonyl (C=O) groups is 3. The number of fused-ring (bicyclic) bond motifs is 1. The van der Waals surface area contributed by atoms with E-state index in [1.165, 1.54) is 4.90 Å². The predicted octanol–water partition coefficient (Wildman–Crippen LogP) is 1.27. The second kappa shape index (κ2) is 4.32. The summed E-state index contributed by atoms with van der Waals surface area (Å²) in [6.07, 6.45) is 3.26. The molecule has 1 heterocycles. The van der Waals surface area contributed by atoms with Crippen LogP contribution in [0.4, 0.5) is 0 Å². The van der Waals surface area contributed by atoms with E-state index in [2.05, 4.69) is 6.92 Å². The lowest BCUT2D eigenvalue weighted by molar-refractivity contribution is -0.145. The van der Waals surface area contributed by atoms with E-state index in [1.807, 2.05) is 0 Å². The molecule has 5 nitrogen and oxygen atoms in total. The van der Waals surface area contributed by atoms with Crippen LogP contribution >= 0.6 is 0 Å². The molecular formula is C14H19NO4. The Hall–Kier alpha value is -1.39. The summed E-state index contributed by atoms with van der Waals surface area (Å²) >= 11 is 0. The summed E-state index contributed by atoms with van der Waals surface area (Å²) in [5.74, 6) is -1.12. The van der Waals surface area contributed by atoms with E-state index in [-0.39, 0.29) is 29.7 Å². The number of carboxylic acid groups (broad SMARTS) is 1. The lowest BCUT2D eigenvalue weighted by Crippen LogP contribution is -2.40. The smallest absolute Gasteiger partial charge is 0.306 e. The van der Waals surface area contributed by atoms with Crippen LogP contribution in [0.15, 0.2) is 0 Å². The van der Waals surface area contributed by atoms with Gasteiger partial charge in [0, 0.05) is 6.04 Å². The van der Waals surface area contributed by atoms with Gasteiger partial charge in [-0.05, 0) is 38.0 Å². The van der Waals surface area contributed by atoms with Gasteiger partial charge in [0.2, 0.25) is 11.8 Å². The number of carbonyl (C=O) groups excluding carboxylic acids is 2. The van der Waals surface area contributed by atoms with Gasteiger partial charge in [-0.2, -0.15) is 0 Å². The Labute approximate surface area is 112 Å². The molecule has 1 N–H and O–H groups in total. The number of amides is 2. The molecule has 3 fully saturated rings. The molecule has 4 unspecified atom stereocenters. The van der Waals surface area contributed by atoms with Crippen molar-refractivity contribution in [2.24, 2.45) is 23.7 Å². The summed E-state index contributed by atoms with van der Waals surface area (Å²) in [5, 5.41) is 9.01. The third-order valence-corrected chi connectivity index (χ3v) is 5.03. The number of nitrogens with zero attached hydrogens (tertiary/aromatic N) is 1. The zero-order chi connectivity index (χ0) is 13.7. The van der Waals surface area contributed by atoms with E-state index in [1.54, 1.807) is 0 Å². The molecule has 0 spiro atoms. The van der Waals surface area contributed by atoms with E-state index in [9.17, 15) is 14.4 Å². The first-order valence-corrected chi connectivity index (χ1v) is 7.08. The minimum Gasteiger partial charge on any atom is -0.481 e. The highest BCUT2D eigenvalue weighted by molar-refractivity contribution is 6.05. The first kappa shape index (κ1) is 12.6. The Morgan fingerprint density at radius 2 is 1.68 bits per heavy atom. The van der Waals surface area contributed by atoms with Crippen molar-refractivity contribution >= 4 is 17.8 Å². The molecule has 2 aliphatic carbocycles. The third kappa shape index (κ3) is 1.86. The maximum Gasteiger partial charge on any atom is 0.306 e. The Kier molecular flexibility index (Phi) is 2.87. The minimum absolute atomic E-state index is 0.0459. The topological polar surface area (TPSA) is 74.7 Å². The highest BCUT2D eigenvalue weighted by Crippen LogP contribution is 2.45. The first-order valence-electron chi connectivity index (χ1n) is 7.08. The van der Waals surface area contributed by atoms with Gasteiger partial charge in [0.25, 0.3) is 0 Å². The number of aliphatic carboxylic acids is 1. The molecule has 1 saturated heterocycles. The number of likely N-dealkylation sites (tertiary alicyclic amines) is 1. The van der Waals surface area contributed by atoms with Gasteiger partial charge in [0.1, 0.15) is 0 Å². The summed E-state index contributed by atoms with van der Waals surface area (Å²) in [4.78, 5) is 37.1. The van der Waals surface area contributed by atoms with E-state index in [0.29, 0.717) is 25.2 Å². The lowest BCUT2D eigenvalue weighted by atomic mass is 10.00. The van der Waals surface area contributed by atoms with Crippen LogP contribution in [-0.4, -0.2) is 33.8 Å². The van der Waals surface area contributed by atoms with Crippen molar-refractivity contribution in [1.82, 2.24) is 4.90 Å². The second-order valence-corrected chi connectivity index (χ2v) is 6.34. The number of hydrogen-bond donors (Lipinski definition) is 1. The average molecular weight is 265 g/mol. The van der Waals surface area contributed by atoms with Crippen LogP contribution in [0.3, 0.4) is 0 Å². The molecular weight excluding hydrogens is 246 g/mol. The lowest BCUT2D eigenvalue weighted by Gasteiger charge is -2.23. The molecule has 0 aromatic carbocycles. The van der Waals surface area contributed by atoms with Crippen molar-refractivity contribution in [2.75, 3.05) is 0 Å². The van der Waals surface area contributed by atoms with Gasteiger partial charge in [-0.3, -0.25) is 19.3 Å². The number of hydrogen-bond acceptors (Lipinski definition) is 3. The molecule has 0 bridgehead atoms. The Morgan fingerprint density at radius 3 is 2.16 bits per heavy atom. The fourth-order valence-electron chi connectivity index (χ4n) is 4.08. The van der Waals surface area contributed by atoms with Gasteiger partial charge in [-0.1, -0.05) is 6.92 Å². The van der Waals surface area contributed by atoms with E-state index in [0.717, 1.165) is 12.8 Å². The molecule has 1 aliphatic heterocycles. The van der Waals surface area contributed by atoms with Gasteiger partial charge in [0.15, 0.2) is 0 Å². The zero-order valence-electron chi connectivity index (χ0n) is 11.0. The van der Waals surface area contributed by atoms with E-state index in [4.69, 9.17) is 5.11 Å². The van der Waals surface area contributed by atoms with Crippen LogP contribution in [0, 0.1) is 23.7 Å². The van der Waals surface area contributed by atoms with Crippen molar-refractivity contribution in [3.8, 4) is 0 Å². The van der Waals surface area contributed by atoms with Crippen LogP contribution in [0.2, 0.25) is 0 Å². The van der Waals surface area contributed by atoms with Crippen LogP contribution in [0.1, 0.15) is 39.0 Å². The van der Waals surface area contributed by atoms with Crippen molar-refractivity contribution in [3.05, 3.63) is 0 Å². The SMILES string of the molecule is CC1CC2C(=O)N(C3CCC(C(=O)O)C3)C(=O)C2C1. The summed E-state index contributed by atoms with van der Waals surface area (Å²) in [5.41, 5.74) is 0. The highest BCUT2D eigenvalue weighted by Gasteiger charge is 2.54. The summed E-state index contributed by atoms with van der Waals surface area (Å²) in [7, 11) is 0. The molecule has 3 rings (SSSR count). The molecule has 5 heteroatoms. The van der Waals surface area contributed by atoms with Crippen molar-refractivity contribution < 1.29 is 19.5 Å². The highest BCUT2D eigenvalue weighted by atomic mass is 16.4. The second-order valence-electron chi connectivity index (χ2n) is 6.34. The maximum absolute atomic E-state index is 12.4. The van der Waals surface area contributed by atoms with Crippen LogP contribution in [0.25, 0.3) is 0 Å². The van der Waals surface area contributed by atoms with Crippen molar-refractivity contribution in [3.63, 3.8) is 0 Å². The molecule has 0 aromatic heterocycles. The fourth-order valence-corrected chi connectivity index (χ4v) is 4.08. The third-order valence-electron chi connectivity index (χ3n) is 5.03. The molecule has 2 amide bonds. The van der Waals surface area contributed by atoms with Crippen LogP contribution < -0.4 is 0 Å². The largest absolute Gasteiger partial charge is 0.481 e. The van der Waals surface area contributed by atoms with Crippen molar-refractivity contribution in [2.45, 2.75) is 45.1 Å². The van der Waals surface area contributed by atoms with Gasteiger partial charge >= 0.3 is 5.97 Å². The Morgan fingerprint density at radius 1 is 1.11 bits per heavy atom. The monoisotopic (exact) mass is 265 g/mol.